The molecule has 1 N–H and O–H groups in total. The summed E-state index contributed by atoms with van der Waals surface area (Å²) in [5, 5.41) is 7.00. The molecule has 0 aliphatic heterocycles. The summed E-state index contributed by atoms with van der Waals surface area (Å²) < 4.78 is 0. The van der Waals surface area contributed by atoms with Gasteiger partial charge in [-0.3, -0.25) is 6.08 Å². The zero-order valence-electron chi connectivity index (χ0n) is 7.81. The molecular weight excluding hydrogens is 172 g/mol. The van der Waals surface area contributed by atoms with Gasteiger partial charge in [0, 0.05) is 7.11 Å². The van der Waals surface area contributed by atoms with Gasteiger partial charge in [-0.1, -0.05) is 6.92 Å². The molecule has 1 rings (SSSR count). The molecule has 0 amide bonds. The summed E-state index contributed by atoms with van der Waals surface area (Å²) in [5.74, 6) is 0. The van der Waals surface area contributed by atoms with Gasteiger partial charge in [0.15, 0.2) is 0 Å². The van der Waals surface area contributed by atoms with Crippen LogP contribution in [-0.4, -0.2) is 12.2 Å². The van der Waals surface area contributed by atoms with Gasteiger partial charge in [-0.05, 0) is 0 Å². The summed E-state index contributed by atoms with van der Waals surface area (Å²) in [6, 6.07) is 0. The van der Waals surface area contributed by atoms with Crippen LogP contribution < -0.4 is 0 Å². The van der Waals surface area contributed by atoms with E-state index in [9.17, 15) is 0 Å². The average Bonchev–Trinajstić information content (AvgIpc) is 2.24. The van der Waals surface area contributed by atoms with Gasteiger partial charge in [0.25, 0.3) is 0 Å². The summed E-state index contributed by atoms with van der Waals surface area (Å²) >= 11 is 0. The zero-order valence-corrected chi connectivity index (χ0v) is 9.37. The number of rotatable bonds is 0. The average molecular weight is 189 g/mol. The van der Waals surface area contributed by atoms with Crippen LogP contribution >= 0.6 is 0 Å². The minimum Gasteiger partial charge on any atom is -0.400 e. The van der Waals surface area contributed by atoms with Crippen molar-refractivity contribution in [1.82, 2.24) is 0 Å². The van der Waals surface area contributed by atoms with Crippen LogP contribution in [0.2, 0.25) is 0 Å². The Morgan fingerprint density at radius 1 is 1.36 bits per heavy atom. The van der Waals surface area contributed by atoms with E-state index in [4.69, 9.17) is 5.11 Å². The first-order valence-corrected chi connectivity index (χ1v) is 2.58. The SMILES string of the molecule is CC1=[C-]CC=C1.CO.[CH3-].[CH3-].[Ti+3]. The predicted octanol–water partition coefficient (Wildman–Crippen LogP) is 2.20. The van der Waals surface area contributed by atoms with E-state index < -0.39 is 0 Å². The molecule has 0 saturated heterocycles. The van der Waals surface area contributed by atoms with Crippen LogP contribution in [0.1, 0.15) is 13.3 Å². The van der Waals surface area contributed by atoms with Crippen LogP contribution in [0.25, 0.3) is 0 Å². The third-order valence-electron chi connectivity index (χ3n) is 0.867. The molecule has 1 radical (unpaired) electrons. The van der Waals surface area contributed by atoms with Crippen molar-refractivity contribution in [3.8, 4) is 0 Å². The summed E-state index contributed by atoms with van der Waals surface area (Å²) in [4.78, 5) is 0. The fourth-order valence-corrected chi connectivity index (χ4v) is 0.515. The van der Waals surface area contributed by atoms with Crippen molar-refractivity contribution in [2.24, 2.45) is 0 Å². The van der Waals surface area contributed by atoms with E-state index in [1.54, 1.807) is 0 Å². The van der Waals surface area contributed by atoms with E-state index in [-0.39, 0.29) is 36.6 Å². The molecule has 2 heteroatoms. The Balaban J connectivity index is -0.0000000459. The monoisotopic (exact) mass is 189 g/mol. The molecule has 0 heterocycles. The normalized spacial score (nSPS) is 10.6. The smallest absolute Gasteiger partial charge is 0.400 e. The number of hydrogen-bond donors (Lipinski definition) is 1. The van der Waals surface area contributed by atoms with E-state index in [1.165, 1.54) is 5.57 Å². The van der Waals surface area contributed by atoms with Gasteiger partial charge in [0.1, 0.15) is 0 Å². The molecule has 1 aliphatic carbocycles. The molecule has 0 spiro atoms. The number of hydrogen-bond acceptors (Lipinski definition) is 1. The molecule has 1 nitrogen and oxygen atoms in total. The second-order valence-corrected chi connectivity index (χ2v) is 1.47. The fourth-order valence-electron chi connectivity index (χ4n) is 0.515. The molecule has 0 saturated carbocycles. The minimum atomic E-state index is 0. The van der Waals surface area contributed by atoms with E-state index in [0.717, 1.165) is 13.5 Å². The van der Waals surface area contributed by atoms with Crippen LogP contribution in [0.15, 0.2) is 17.7 Å². The van der Waals surface area contributed by atoms with Crippen molar-refractivity contribution in [3.05, 3.63) is 38.7 Å². The molecule has 0 unspecified atom stereocenters. The van der Waals surface area contributed by atoms with Gasteiger partial charge in [-0.15, -0.1) is 6.42 Å². The van der Waals surface area contributed by atoms with Crippen molar-refractivity contribution in [3.63, 3.8) is 0 Å². The maximum Gasteiger partial charge on any atom is 3.00 e. The Morgan fingerprint density at radius 2 is 1.82 bits per heavy atom. The standard InChI is InChI=1S/C6H7.CH4O.2CH3.Ti/c1-6-4-2-3-5-6;1-2;;;/h2,4H,3H2,1H3;2H,1H3;2*1H3;/q-1;;2*-1;+3. The first kappa shape index (κ1) is 22.5. The topological polar surface area (TPSA) is 20.2 Å². The molecule has 1 aliphatic rings. The third kappa shape index (κ3) is 13.2. The zero-order chi connectivity index (χ0) is 6.41. The maximum atomic E-state index is 7.00. The van der Waals surface area contributed by atoms with Gasteiger partial charge in [-0.2, -0.15) is 6.08 Å². The van der Waals surface area contributed by atoms with Crippen LogP contribution in [0.3, 0.4) is 0 Å². The van der Waals surface area contributed by atoms with Gasteiger partial charge in [0.2, 0.25) is 0 Å². The third-order valence-corrected chi connectivity index (χ3v) is 0.867. The molecule has 11 heavy (non-hydrogen) atoms. The molecule has 0 aromatic carbocycles. The van der Waals surface area contributed by atoms with Gasteiger partial charge in [0.05, 0.1) is 0 Å². The van der Waals surface area contributed by atoms with E-state index in [1.807, 2.05) is 0 Å². The predicted molar refractivity (Wildman–Crippen MR) is 47.2 cm³/mol. The van der Waals surface area contributed by atoms with Crippen molar-refractivity contribution in [2.75, 3.05) is 7.11 Å². The van der Waals surface area contributed by atoms with E-state index in [0.29, 0.717) is 0 Å². The second-order valence-electron chi connectivity index (χ2n) is 1.47. The number of aliphatic hydroxyl groups excluding tert-OH is 1. The maximum absolute atomic E-state index is 7.00. The Labute approximate surface area is 86.1 Å². The summed E-state index contributed by atoms with van der Waals surface area (Å²) in [5.41, 5.74) is 1.27. The summed E-state index contributed by atoms with van der Waals surface area (Å²) in [6.07, 6.45) is 8.33. The Morgan fingerprint density at radius 3 is 1.91 bits per heavy atom. The molecule has 0 aromatic rings. The number of allylic oxidation sites excluding steroid dienone is 4. The fraction of sp³-hybridized carbons (Fsp3) is 0.333. The Hall–Kier alpha value is 0.154. The summed E-state index contributed by atoms with van der Waals surface area (Å²) in [6.45, 7) is 2.06. The van der Waals surface area contributed by atoms with Crippen LogP contribution in [-0.2, 0) is 21.7 Å². The first-order chi connectivity index (χ1) is 3.89. The van der Waals surface area contributed by atoms with E-state index >= 15 is 0 Å². The Bertz CT molecular complexity index is 103. The minimum absolute atomic E-state index is 0. The van der Waals surface area contributed by atoms with Crippen molar-refractivity contribution >= 4 is 0 Å². The first-order valence-electron chi connectivity index (χ1n) is 2.58. The molecular formula is C9H17OTi. The van der Waals surface area contributed by atoms with Crippen LogP contribution in [0, 0.1) is 20.9 Å². The van der Waals surface area contributed by atoms with Gasteiger partial charge >= 0.3 is 21.7 Å². The molecule has 0 bridgehead atoms. The van der Waals surface area contributed by atoms with Crippen LogP contribution in [0.5, 0.6) is 0 Å². The van der Waals surface area contributed by atoms with E-state index in [2.05, 4.69) is 25.2 Å². The number of aliphatic hydroxyl groups is 1. The quantitative estimate of drug-likeness (QED) is 0.457. The Kier molecular flexibility index (Phi) is 34.0. The van der Waals surface area contributed by atoms with Crippen LogP contribution in [0.4, 0.5) is 0 Å². The van der Waals surface area contributed by atoms with Gasteiger partial charge < -0.3 is 20.0 Å². The molecule has 0 fully saturated rings. The van der Waals surface area contributed by atoms with Crippen molar-refractivity contribution in [1.29, 1.82) is 0 Å². The van der Waals surface area contributed by atoms with Crippen molar-refractivity contribution in [2.45, 2.75) is 13.3 Å². The van der Waals surface area contributed by atoms with Gasteiger partial charge in [-0.25, -0.2) is 11.6 Å². The molecule has 0 atom stereocenters. The molecule has 63 valence electrons. The summed E-state index contributed by atoms with van der Waals surface area (Å²) in [7, 11) is 1.00. The largest absolute Gasteiger partial charge is 3.00 e. The second kappa shape index (κ2) is 16.6. The van der Waals surface area contributed by atoms with Crippen molar-refractivity contribution < 1.29 is 26.8 Å². The molecule has 0 aromatic heterocycles.